The zero-order chi connectivity index (χ0) is 13.2. The zero-order valence-electron chi connectivity index (χ0n) is 11.1. The molecule has 3 rings (SSSR count). The maximum absolute atomic E-state index is 12.2. The molecule has 1 saturated carbocycles. The Labute approximate surface area is 113 Å². The summed E-state index contributed by atoms with van der Waals surface area (Å²) in [7, 11) is 0. The van der Waals surface area contributed by atoms with Crippen LogP contribution in [0, 0.1) is 0 Å². The maximum atomic E-state index is 12.2. The highest BCUT2D eigenvalue weighted by molar-refractivity contribution is 5.96. The average Bonchev–Trinajstić information content (AvgIpc) is 2.85. The molecular weight excluding hydrogens is 246 g/mol. The Balaban J connectivity index is 1.61. The van der Waals surface area contributed by atoms with Crippen molar-refractivity contribution in [2.45, 2.75) is 37.8 Å². The molecule has 6 heteroatoms. The minimum atomic E-state index is -0.251. The first kappa shape index (κ1) is 12.9. The van der Waals surface area contributed by atoms with Gasteiger partial charge in [-0.15, -0.1) is 0 Å². The van der Waals surface area contributed by atoms with Gasteiger partial charge in [-0.25, -0.2) is 4.79 Å². The number of nitrogens with one attached hydrogen (secondary N) is 1. The number of amides is 3. The number of urea groups is 1. The lowest BCUT2D eigenvalue weighted by Gasteiger charge is -2.43. The third kappa shape index (κ3) is 2.60. The van der Waals surface area contributed by atoms with E-state index in [9.17, 15) is 9.59 Å². The normalized spacial score (nSPS) is 32.0. The Morgan fingerprint density at radius 3 is 2.95 bits per heavy atom. The second-order valence-electron chi connectivity index (χ2n) is 5.51. The molecule has 0 aromatic heterocycles. The molecule has 2 saturated heterocycles. The van der Waals surface area contributed by atoms with Crippen LogP contribution in [0.15, 0.2) is 0 Å². The van der Waals surface area contributed by atoms with Gasteiger partial charge >= 0.3 is 6.03 Å². The molecule has 2 aliphatic heterocycles. The number of nitrogens with zero attached hydrogens (tertiary/aromatic N) is 2. The van der Waals surface area contributed by atoms with Crippen molar-refractivity contribution in [1.29, 1.82) is 0 Å². The van der Waals surface area contributed by atoms with E-state index in [4.69, 9.17) is 4.74 Å². The summed E-state index contributed by atoms with van der Waals surface area (Å²) in [6.07, 6.45) is 4.91. The van der Waals surface area contributed by atoms with Gasteiger partial charge in [-0.3, -0.25) is 14.6 Å². The number of ether oxygens (including phenoxy) is 1. The Hall–Kier alpha value is -1.14. The van der Waals surface area contributed by atoms with E-state index in [1.165, 1.54) is 17.7 Å². The van der Waals surface area contributed by atoms with Gasteiger partial charge in [-0.2, -0.15) is 0 Å². The predicted molar refractivity (Wildman–Crippen MR) is 68.7 cm³/mol. The molecule has 3 amide bonds. The number of hydrogen-bond acceptors (Lipinski definition) is 4. The lowest BCUT2D eigenvalue weighted by atomic mass is 9.90. The number of rotatable bonds is 2. The van der Waals surface area contributed by atoms with Gasteiger partial charge in [-0.05, 0) is 12.8 Å². The third-order valence-electron chi connectivity index (χ3n) is 4.34. The topological polar surface area (TPSA) is 61.9 Å². The second-order valence-corrected chi connectivity index (χ2v) is 5.51. The standard InChI is InChI=1S/C13H21N3O3/c17-12(16-6-5-14-13(16)18)9-15-7-8-19-11-4-2-1-3-10(11)15/h10-11H,1-9H2,(H,14,18). The first-order chi connectivity index (χ1) is 9.25. The second kappa shape index (κ2) is 5.46. The van der Waals surface area contributed by atoms with E-state index in [1.54, 1.807) is 0 Å². The molecule has 1 aliphatic carbocycles. The Morgan fingerprint density at radius 1 is 1.32 bits per heavy atom. The van der Waals surface area contributed by atoms with Crippen molar-refractivity contribution < 1.29 is 14.3 Å². The Kier molecular flexibility index (Phi) is 3.70. The van der Waals surface area contributed by atoms with Crippen molar-refractivity contribution in [1.82, 2.24) is 15.1 Å². The van der Waals surface area contributed by atoms with Crippen molar-refractivity contribution in [3.8, 4) is 0 Å². The third-order valence-corrected chi connectivity index (χ3v) is 4.34. The molecule has 3 aliphatic rings. The quantitative estimate of drug-likeness (QED) is 0.775. The molecule has 6 nitrogen and oxygen atoms in total. The van der Waals surface area contributed by atoms with Crippen molar-refractivity contribution in [3.05, 3.63) is 0 Å². The van der Waals surface area contributed by atoms with Gasteiger partial charge in [0, 0.05) is 25.7 Å². The Bertz CT molecular complexity index is 372. The van der Waals surface area contributed by atoms with E-state index in [2.05, 4.69) is 10.2 Å². The number of fused-ring (bicyclic) bond motifs is 1. The fraction of sp³-hybridized carbons (Fsp3) is 0.846. The number of carbonyl (C=O) groups is 2. The Morgan fingerprint density at radius 2 is 2.16 bits per heavy atom. The van der Waals surface area contributed by atoms with Crippen molar-refractivity contribution in [3.63, 3.8) is 0 Å². The van der Waals surface area contributed by atoms with Gasteiger partial charge in [0.05, 0.1) is 19.3 Å². The van der Waals surface area contributed by atoms with Gasteiger partial charge in [0.1, 0.15) is 0 Å². The van der Waals surface area contributed by atoms with Gasteiger partial charge in [0.25, 0.3) is 0 Å². The van der Waals surface area contributed by atoms with Crippen molar-refractivity contribution >= 4 is 11.9 Å². The lowest BCUT2D eigenvalue weighted by Crippen LogP contribution is -2.55. The fourth-order valence-corrected chi connectivity index (χ4v) is 3.34. The molecule has 2 atom stereocenters. The summed E-state index contributed by atoms with van der Waals surface area (Å²) in [6, 6.07) is 0.107. The largest absolute Gasteiger partial charge is 0.375 e. The minimum absolute atomic E-state index is 0.0822. The number of morpholine rings is 1. The lowest BCUT2D eigenvalue weighted by molar-refractivity contribution is -0.135. The predicted octanol–water partition coefficient (Wildman–Crippen LogP) is 0.182. The van der Waals surface area contributed by atoms with E-state index < -0.39 is 0 Å². The molecule has 0 aromatic rings. The SMILES string of the molecule is O=C(CN1CCOC2CCCCC21)N1CCNC1=O. The fourth-order valence-electron chi connectivity index (χ4n) is 3.34. The molecule has 2 heterocycles. The van der Waals surface area contributed by atoms with Gasteiger partial charge in [-0.1, -0.05) is 12.8 Å². The summed E-state index contributed by atoms with van der Waals surface area (Å²) in [5.74, 6) is -0.0822. The van der Waals surface area contributed by atoms with Crippen molar-refractivity contribution in [2.75, 3.05) is 32.8 Å². The summed E-state index contributed by atoms with van der Waals surface area (Å²) < 4.78 is 5.79. The minimum Gasteiger partial charge on any atom is -0.375 e. The molecule has 2 unspecified atom stereocenters. The van der Waals surface area contributed by atoms with Gasteiger partial charge in [0.2, 0.25) is 5.91 Å². The molecule has 3 fully saturated rings. The van der Waals surface area contributed by atoms with Crippen LogP contribution in [0.5, 0.6) is 0 Å². The van der Waals surface area contributed by atoms with Crippen LogP contribution in [-0.4, -0.2) is 66.7 Å². The molecule has 0 bridgehead atoms. The average molecular weight is 267 g/mol. The molecule has 19 heavy (non-hydrogen) atoms. The van der Waals surface area contributed by atoms with E-state index in [-0.39, 0.29) is 18.0 Å². The van der Waals surface area contributed by atoms with Crippen LogP contribution < -0.4 is 5.32 Å². The van der Waals surface area contributed by atoms with E-state index in [1.807, 2.05) is 0 Å². The number of imide groups is 1. The van der Waals surface area contributed by atoms with Crippen LogP contribution in [0.3, 0.4) is 0 Å². The molecular formula is C13H21N3O3. The maximum Gasteiger partial charge on any atom is 0.324 e. The highest BCUT2D eigenvalue weighted by atomic mass is 16.5. The van der Waals surface area contributed by atoms with Crippen LogP contribution in [-0.2, 0) is 9.53 Å². The smallest absolute Gasteiger partial charge is 0.324 e. The van der Waals surface area contributed by atoms with E-state index >= 15 is 0 Å². The van der Waals surface area contributed by atoms with Crippen molar-refractivity contribution in [2.24, 2.45) is 0 Å². The first-order valence-electron chi connectivity index (χ1n) is 7.19. The summed E-state index contributed by atoms with van der Waals surface area (Å²) in [5, 5.41) is 2.67. The summed E-state index contributed by atoms with van der Waals surface area (Å²) in [6.45, 7) is 2.90. The molecule has 1 N–H and O–H groups in total. The van der Waals surface area contributed by atoms with Crippen LogP contribution in [0.2, 0.25) is 0 Å². The van der Waals surface area contributed by atoms with E-state index in [0.717, 1.165) is 19.4 Å². The highest BCUT2D eigenvalue weighted by Crippen LogP contribution is 2.28. The molecule has 0 aromatic carbocycles. The summed E-state index contributed by atoms with van der Waals surface area (Å²) in [5.41, 5.74) is 0. The van der Waals surface area contributed by atoms with Gasteiger partial charge in [0.15, 0.2) is 0 Å². The van der Waals surface area contributed by atoms with Crippen LogP contribution in [0.25, 0.3) is 0 Å². The van der Waals surface area contributed by atoms with Crippen LogP contribution in [0.4, 0.5) is 4.79 Å². The number of carbonyl (C=O) groups excluding carboxylic acids is 2. The van der Waals surface area contributed by atoms with Crippen LogP contribution in [0.1, 0.15) is 25.7 Å². The zero-order valence-corrected chi connectivity index (χ0v) is 11.1. The van der Waals surface area contributed by atoms with Gasteiger partial charge < -0.3 is 10.1 Å². The highest BCUT2D eigenvalue weighted by Gasteiger charge is 2.36. The molecule has 0 spiro atoms. The summed E-state index contributed by atoms with van der Waals surface area (Å²) >= 11 is 0. The monoisotopic (exact) mass is 267 g/mol. The van der Waals surface area contributed by atoms with E-state index in [0.29, 0.717) is 32.3 Å². The number of hydrogen-bond donors (Lipinski definition) is 1. The van der Waals surface area contributed by atoms with Crippen LogP contribution >= 0.6 is 0 Å². The summed E-state index contributed by atoms with van der Waals surface area (Å²) in [4.78, 5) is 27.2. The molecule has 0 radical (unpaired) electrons. The first-order valence-corrected chi connectivity index (χ1v) is 7.19. The molecule has 106 valence electrons.